The van der Waals surface area contributed by atoms with Crippen molar-refractivity contribution < 1.29 is 24.4 Å². The Hall–Kier alpha value is -2.25. The lowest BCUT2D eigenvalue weighted by Gasteiger charge is -2.26. The van der Waals surface area contributed by atoms with Crippen LogP contribution in [0.15, 0.2) is 42.0 Å². The minimum Gasteiger partial charge on any atom is -0.463 e. The van der Waals surface area contributed by atoms with Crippen LogP contribution in [0.4, 0.5) is 4.79 Å². The molecule has 1 amide bonds. The molecule has 7 nitrogen and oxygen atoms in total. The van der Waals surface area contributed by atoms with Crippen molar-refractivity contribution in [2.24, 2.45) is 5.90 Å². The summed E-state index contributed by atoms with van der Waals surface area (Å²) in [5.41, 5.74) is 1.69. The van der Waals surface area contributed by atoms with Crippen molar-refractivity contribution in [2.45, 2.75) is 6.61 Å². The van der Waals surface area contributed by atoms with E-state index in [4.69, 9.17) is 15.4 Å². The molecule has 0 aliphatic carbocycles. The largest absolute Gasteiger partial charge is 0.463 e. The highest BCUT2D eigenvalue weighted by molar-refractivity contribution is 5.68. The first kappa shape index (κ1) is 15.1. The first-order valence-electron chi connectivity index (χ1n) is 6.67. The first-order valence-corrected chi connectivity index (χ1v) is 6.67. The predicted octanol–water partition coefficient (Wildman–Crippen LogP) is -0.0920. The zero-order valence-corrected chi connectivity index (χ0v) is 12.0. The van der Waals surface area contributed by atoms with Crippen LogP contribution in [-0.4, -0.2) is 37.7 Å². The van der Waals surface area contributed by atoms with E-state index < -0.39 is 0 Å². The molecule has 0 aromatic heterocycles. The number of benzene rings is 1. The molecule has 0 saturated carbocycles. The van der Waals surface area contributed by atoms with Gasteiger partial charge in [0.25, 0.3) is 0 Å². The second-order valence-electron chi connectivity index (χ2n) is 4.59. The summed E-state index contributed by atoms with van der Waals surface area (Å²) < 4.78 is 10.3. The molecule has 1 aliphatic rings. The predicted molar refractivity (Wildman–Crippen MR) is 74.3 cm³/mol. The van der Waals surface area contributed by atoms with Crippen LogP contribution in [0.3, 0.4) is 0 Å². The Labute approximate surface area is 123 Å². The summed E-state index contributed by atoms with van der Waals surface area (Å²) in [7, 11) is 1.47. The number of ether oxygens (including phenoxy) is 2. The third-order valence-corrected chi connectivity index (χ3v) is 3.17. The molecule has 114 valence electrons. The Morgan fingerprint density at radius 1 is 1.38 bits per heavy atom. The number of quaternary nitrogens is 1. The molecule has 1 heterocycles. The number of hydrogen-bond donors (Lipinski definition) is 2. The fourth-order valence-electron chi connectivity index (χ4n) is 2.11. The summed E-state index contributed by atoms with van der Waals surface area (Å²) in [6.45, 7) is 1.90. The molecule has 2 rings (SSSR count). The lowest BCUT2D eigenvalue weighted by atomic mass is 10.2. The molecule has 7 heteroatoms. The van der Waals surface area contributed by atoms with Gasteiger partial charge in [0.15, 0.2) is 0 Å². The van der Waals surface area contributed by atoms with E-state index in [0.717, 1.165) is 11.3 Å². The Morgan fingerprint density at radius 2 is 2.14 bits per heavy atom. The van der Waals surface area contributed by atoms with Crippen molar-refractivity contribution in [3.63, 3.8) is 0 Å². The van der Waals surface area contributed by atoms with E-state index in [2.05, 4.69) is 4.84 Å². The van der Waals surface area contributed by atoms with Gasteiger partial charge >= 0.3 is 12.0 Å². The smallest absolute Gasteiger partial charge is 0.410 e. The Bertz CT molecular complexity index is 498. The molecule has 0 bridgehead atoms. The van der Waals surface area contributed by atoms with E-state index in [-0.39, 0.29) is 18.6 Å². The lowest BCUT2D eigenvalue weighted by molar-refractivity contribution is -0.619. The molecule has 1 fully saturated rings. The van der Waals surface area contributed by atoms with Gasteiger partial charge in [0, 0.05) is 0 Å². The SMILES string of the molecule is CO/C(ON)=C1\CN(C(=O)OCc2ccccc2)CC[NH2+]1. The number of methoxy groups -OCH3 is 1. The van der Waals surface area contributed by atoms with E-state index in [0.29, 0.717) is 19.6 Å². The number of nitrogens with zero attached hydrogens (tertiary/aromatic N) is 1. The number of carbonyl (C=O) groups excluding carboxylic acids is 1. The van der Waals surface area contributed by atoms with E-state index >= 15 is 0 Å². The fraction of sp³-hybridized carbons (Fsp3) is 0.357. The molecule has 4 N–H and O–H groups in total. The molecule has 1 saturated heterocycles. The second-order valence-corrected chi connectivity index (χ2v) is 4.59. The summed E-state index contributed by atoms with van der Waals surface area (Å²) in [6.07, 6.45) is -0.364. The van der Waals surface area contributed by atoms with Crippen LogP contribution in [0.25, 0.3) is 0 Å². The number of piperazine rings is 1. The summed E-state index contributed by atoms with van der Waals surface area (Å²) in [4.78, 5) is 18.3. The summed E-state index contributed by atoms with van der Waals surface area (Å²) in [5, 5.41) is 1.94. The second kappa shape index (κ2) is 7.51. The standard InChI is InChI=1S/C14H19N3O4/c1-19-13(21-15)12-9-17(8-7-16-12)14(18)20-10-11-5-3-2-4-6-11/h2-6,16H,7-10,15H2,1H3/p+1/b13-12-. The van der Waals surface area contributed by atoms with Crippen LogP contribution in [0.5, 0.6) is 0 Å². The Kier molecular flexibility index (Phi) is 5.42. The highest BCUT2D eigenvalue weighted by Crippen LogP contribution is 2.07. The molecule has 0 radical (unpaired) electrons. The fourth-order valence-corrected chi connectivity index (χ4v) is 2.11. The number of hydrogen-bond acceptors (Lipinski definition) is 5. The van der Waals surface area contributed by atoms with Crippen LogP contribution in [0.2, 0.25) is 0 Å². The third-order valence-electron chi connectivity index (χ3n) is 3.17. The monoisotopic (exact) mass is 294 g/mol. The van der Waals surface area contributed by atoms with Gasteiger partial charge in [-0.15, -0.1) is 0 Å². The van der Waals surface area contributed by atoms with E-state index in [9.17, 15) is 4.79 Å². The molecule has 1 aliphatic heterocycles. The summed E-state index contributed by atoms with van der Waals surface area (Å²) >= 11 is 0. The van der Waals surface area contributed by atoms with Crippen LogP contribution >= 0.6 is 0 Å². The third kappa shape index (κ3) is 4.11. The van der Waals surface area contributed by atoms with E-state index in [1.54, 1.807) is 4.90 Å². The molecule has 0 atom stereocenters. The molecule has 1 aromatic carbocycles. The van der Waals surface area contributed by atoms with Gasteiger partial charge in [-0.1, -0.05) is 30.3 Å². The number of amides is 1. The van der Waals surface area contributed by atoms with Crippen LogP contribution in [-0.2, 0) is 20.9 Å². The average Bonchev–Trinajstić information content (AvgIpc) is 2.55. The Morgan fingerprint density at radius 3 is 2.81 bits per heavy atom. The zero-order chi connectivity index (χ0) is 15.1. The highest BCUT2D eigenvalue weighted by atomic mass is 16.7. The van der Waals surface area contributed by atoms with Gasteiger partial charge in [-0.2, -0.15) is 5.90 Å². The number of carbonyl (C=O) groups is 1. The van der Waals surface area contributed by atoms with E-state index in [1.165, 1.54) is 7.11 Å². The van der Waals surface area contributed by atoms with Gasteiger partial charge in [-0.25, -0.2) is 4.79 Å². The topological polar surface area (TPSA) is 90.6 Å². The van der Waals surface area contributed by atoms with Crippen molar-refractivity contribution in [3.8, 4) is 0 Å². The molecule has 21 heavy (non-hydrogen) atoms. The van der Waals surface area contributed by atoms with Crippen molar-refractivity contribution in [1.82, 2.24) is 4.90 Å². The maximum absolute atomic E-state index is 12.1. The lowest BCUT2D eigenvalue weighted by Crippen LogP contribution is -2.88. The van der Waals surface area contributed by atoms with Crippen LogP contribution < -0.4 is 11.2 Å². The van der Waals surface area contributed by atoms with Gasteiger partial charge in [0.1, 0.15) is 13.2 Å². The quantitative estimate of drug-likeness (QED) is 0.598. The zero-order valence-electron chi connectivity index (χ0n) is 12.0. The van der Waals surface area contributed by atoms with Gasteiger partial charge in [-0.3, -0.25) is 4.90 Å². The average molecular weight is 294 g/mol. The number of nitrogens with two attached hydrogens (primary N) is 2. The Balaban J connectivity index is 1.92. The molecule has 0 unspecified atom stereocenters. The molecule has 0 spiro atoms. The highest BCUT2D eigenvalue weighted by Gasteiger charge is 2.27. The first-order chi connectivity index (χ1) is 10.2. The van der Waals surface area contributed by atoms with Crippen LogP contribution in [0, 0.1) is 0 Å². The number of rotatable bonds is 4. The minimum absolute atomic E-state index is 0.218. The van der Waals surface area contributed by atoms with Crippen molar-refractivity contribution in [2.75, 3.05) is 26.7 Å². The molecule has 1 aromatic rings. The van der Waals surface area contributed by atoms with Crippen molar-refractivity contribution in [1.29, 1.82) is 0 Å². The maximum atomic E-state index is 12.1. The minimum atomic E-state index is -0.364. The van der Waals surface area contributed by atoms with Gasteiger partial charge in [0.05, 0.1) is 20.2 Å². The van der Waals surface area contributed by atoms with Crippen molar-refractivity contribution in [3.05, 3.63) is 47.5 Å². The van der Waals surface area contributed by atoms with Gasteiger partial charge in [-0.05, 0) is 5.56 Å². The summed E-state index contributed by atoms with van der Waals surface area (Å²) in [6, 6.07) is 9.55. The van der Waals surface area contributed by atoms with Crippen LogP contribution in [0.1, 0.15) is 5.56 Å². The van der Waals surface area contributed by atoms with Crippen molar-refractivity contribution >= 4 is 6.09 Å². The van der Waals surface area contributed by atoms with E-state index in [1.807, 2.05) is 35.6 Å². The van der Waals surface area contributed by atoms with Gasteiger partial charge < -0.3 is 19.6 Å². The summed E-state index contributed by atoms with van der Waals surface area (Å²) in [5.74, 6) is 5.35. The van der Waals surface area contributed by atoms with Gasteiger partial charge in [0.2, 0.25) is 5.70 Å². The molecular formula is C14H20N3O4+. The normalized spacial score (nSPS) is 17.1. The molecular weight excluding hydrogens is 274 g/mol. The maximum Gasteiger partial charge on any atom is 0.410 e.